The van der Waals surface area contributed by atoms with Gasteiger partial charge in [0.05, 0.1) is 6.61 Å². The van der Waals surface area contributed by atoms with E-state index in [1.807, 2.05) is 0 Å². The molecule has 21 heavy (non-hydrogen) atoms. The van der Waals surface area contributed by atoms with Crippen LogP contribution in [0.3, 0.4) is 0 Å². The minimum absolute atomic E-state index is 0.196. The molecule has 0 fully saturated rings. The molecule has 0 bridgehead atoms. The molecule has 0 heterocycles. The molecule has 2 aromatic carbocycles. The second-order valence-electron chi connectivity index (χ2n) is 5.76. The highest BCUT2D eigenvalue weighted by Gasteiger charge is 2.21. The topological polar surface area (TPSA) is 35.2 Å². The Morgan fingerprint density at radius 1 is 1.00 bits per heavy atom. The maximum atomic E-state index is 6.10. The van der Waals surface area contributed by atoms with E-state index in [0.717, 1.165) is 38.0 Å². The number of hydrogen-bond acceptors (Lipinski definition) is 2. The summed E-state index contributed by atoms with van der Waals surface area (Å²) in [5.41, 5.74) is 10.1. The molecule has 2 heteroatoms. The standard InChI is InChI=1S/C19H23NO/c20-18-13-12-17-16(18)10-6-11-19(17)21-14-5-4-9-15-7-2-1-3-8-15/h1-3,6-8,10-11,18H,4-5,9,12-14,20H2. The lowest BCUT2D eigenvalue weighted by Gasteiger charge is -2.11. The lowest BCUT2D eigenvalue weighted by Crippen LogP contribution is -2.05. The number of nitrogens with two attached hydrogens (primary N) is 1. The van der Waals surface area contributed by atoms with Crippen molar-refractivity contribution in [2.75, 3.05) is 6.61 Å². The third-order valence-corrected chi connectivity index (χ3v) is 4.23. The second kappa shape index (κ2) is 6.77. The van der Waals surface area contributed by atoms with Crippen molar-refractivity contribution in [3.05, 3.63) is 65.2 Å². The summed E-state index contributed by atoms with van der Waals surface area (Å²) in [7, 11) is 0. The Morgan fingerprint density at radius 3 is 2.71 bits per heavy atom. The van der Waals surface area contributed by atoms with Crippen molar-refractivity contribution in [1.82, 2.24) is 0 Å². The van der Waals surface area contributed by atoms with Crippen molar-refractivity contribution in [3.63, 3.8) is 0 Å². The molecule has 1 aliphatic carbocycles. The predicted molar refractivity (Wildman–Crippen MR) is 86.6 cm³/mol. The van der Waals surface area contributed by atoms with E-state index in [1.165, 1.54) is 23.1 Å². The molecule has 3 rings (SSSR count). The molecular weight excluding hydrogens is 258 g/mol. The van der Waals surface area contributed by atoms with Gasteiger partial charge in [0, 0.05) is 6.04 Å². The molecule has 0 radical (unpaired) electrons. The quantitative estimate of drug-likeness (QED) is 0.811. The second-order valence-corrected chi connectivity index (χ2v) is 5.76. The van der Waals surface area contributed by atoms with Crippen LogP contribution in [-0.4, -0.2) is 6.61 Å². The summed E-state index contributed by atoms with van der Waals surface area (Å²) in [5, 5.41) is 0. The Balaban J connectivity index is 1.46. The molecule has 0 amide bonds. The summed E-state index contributed by atoms with van der Waals surface area (Å²) in [5.74, 6) is 1.04. The molecule has 1 unspecified atom stereocenters. The van der Waals surface area contributed by atoms with Gasteiger partial charge in [-0.15, -0.1) is 0 Å². The van der Waals surface area contributed by atoms with Crippen LogP contribution < -0.4 is 10.5 Å². The maximum Gasteiger partial charge on any atom is 0.122 e. The molecule has 1 aliphatic rings. The zero-order valence-electron chi connectivity index (χ0n) is 12.4. The lowest BCUT2D eigenvalue weighted by atomic mass is 10.1. The molecule has 0 saturated heterocycles. The number of ether oxygens (including phenoxy) is 1. The third kappa shape index (κ3) is 3.45. The zero-order valence-corrected chi connectivity index (χ0v) is 12.4. The van der Waals surface area contributed by atoms with Crippen LogP contribution in [0.15, 0.2) is 48.5 Å². The van der Waals surface area contributed by atoms with E-state index in [2.05, 4.69) is 48.5 Å². The van der Waals surface area contributed by atoms with Crippen molar-refractivity contribution in [2.45, 2.75) is 38.1 Å². The number of aryl methyl sites for hydroxylation is 1. The Labute approximate surface area is 126 Å². The van der Waals surface area contributed by atoms with E-state index >= 15 is 0 Å². The third-order valence-electron chi connectivity index (χ3n) is 4.23. The molecule has 0 saturated carbocycles. The van der Waals surface area contributed by atoms with E-state index in [-0.39, 0.29) is 6.04 Å². The van der Waals surface area contributed by atoms with Crippen molar-refractivity contribution >= 4 is 0 Å². The normalized spacial score (nSPS) is 16.7. The fourth-order valence-corrected chi connectivity index (χ4v) is 3.05. The lowest BCUT2D eigenvalue weighted by molar-refractivity contribution is 0.304. The summed E-state index contributed by atoms with van der Waals surface area (Å²) < 4.78 is 5.98. The monoisotopic (exact) mass is 281 g/mol. The van der Waals surface area contributed by atoms with Gasteiger partial charge in [-0.3, -0.25) is 0 Å². The Kier molecular flexibility index (Phi) is 4.56. The van der Waals surface area contributed by atoms with Crippen molar-refractivity contribution in [3.8, 4) is 5.75 Å². The first-order chi connectivity index (χ1) is 10.3. The van der Waals surface area contributed by atoms with Crippen molar-refractivity contribution < 1.29 is 4.74 Å². The Hall–Kier alpha value is -1.80. The van der Waals surface area contributed by atoms with E-state index < -0.39 is 0 Å². The van der Waals surface area contributed by atoms with Crippen LogP contribution in [-0.2, 0) is 12.8 Å². The fraction of sp³-hybridized carbons (Fsp3) is 0.368. The minimum atomic E-state index is 0.196. The molecule has 110 valence electrons. The maximum absolute atomic E-state index is 6.10. The van der Waals surface area contributed by atoms with E-state index in [9.17, 15) is 0 Å². The number of fused-ring (bicyclic) bond motifs is 1. The van der Waals surface area contributed by atoms with E-state index in [0.29, 0.717) is 0 Å². The van der Waals surface area contributed by atoms with Gasteiger partial charge in [0.25, 0.3) is 0 Å². The highest BCUT2D eigenvalue weighted by atomic mass is 16.5. The van der Waals surface area contributed by atoms with Gasteiger partial charge in [0.15, 0.2) is 0 Å². The Bertz CT molecular complexity index is 579. The van der Waals surface area contributed by atoms with Crippen LogP contribution in [0.4, 0.5) is 0 Å². The van der Waals surface area contributed by atoms with Crippen LogP contribution in [0.2, 0.25) is 0 Å². The zero-order chi connectivity index (χ0) is 14.5. The first-order valence-electron chi connectivity index (χ1n) is 7.88. The largest absolute Gasteiger partial charge is 0.493 e. The molecule has 2 aromatic rings. The van der Waals surface area contributed by atoms with Gasteiger partial charge in [0.2, 0.25) is 0 Å². The number of rotatable bonds is 6. The molecule has 0 aliphatic heterocycles. The highest BCUT2D eigenvalue weighted by molar-refractivity contribution is 5.44. The summed E-state index contributed by atoms with van der Waals surface area (Å²) in [4.78, 5) is 0. The number of hydrogen-bond donors (Lipinski definition) is 1. The SMILES string of the molecule is NC1CCc2c(OCCCCc3ccccc3)cccc21. The van der Waals surface area contributed by atoms with Gasteiger partial charge in [-0.2, -0.15) is 0 Å². The molecular formula is C19H23NO. The molecule has 1 atom stereocenters. The summed E-state index contributed by atoms with van der Waals surface area (Å²) in [6.07, 6.45) is 5.48. The van der Waals surface area contributed by atoms with Gasteiger partial charge >= 0.3 is 0 Å². The van der Waals surface area contributed by atoms with E-state index in [4.69, 9.17) is 10.5 Å². The van der Waals surface area contributed by atoms with Gasteiger partial charge < -0.3 is 10.5 Å². The van der Waals surface area contributed by atoms with Crippen molar-refractivity contribution in [1.29, 1.82) is 0 Å². The smallest absolute Gasteiger partial charge is 0.122 e. The molecule has 0 spiro atoms. The van der Waals surface area contributed by atoms with E-state index in [1.54, 1.807) is 0 Å². The highest BCUT2D eigenvalue weighted by Crippen LogP contribution is 2.35. The Morgan fingerprint density at radius 2 is 1.86 bits per heavy atom. The fourth-order valence-electron chi connectivity index (χ4n) is 3.05. The molecule has 2 N–H and O–H groups in total. The number of unbranched alkanes of at least 4 members (excludes halogenated alkanes) is 1. The number of benzene rings is 2. The predicted octanol–water partition coefficient (Wildman–Crippen LogP) is 4.03. The van der Waals surface area contributed by atoms with Crippen LogP contribution in [0.25, 0.3) is 0 Å². The van der Waals surface area contributed by atoms with Crippen LogP contribution in [0.5, 0.6) is 5.75 Å². The minimum Gasteiger partial charge on any atom is -0.493 e. The van der Waals surface area contributed by atoms with Gasteiger partial charge in [-0.1, -0.05) is 42.5 Å². The van der Waals surface area contributed by atoms with Gasteiger partial charge in [0.1, 0.15) is 5.75 Å². The first kappa shape index (κ1) is 14.2. The van der Waals surface area contributed by atoms with Crippen LogP contribution >= 0.6 is 0 Å². The van der Waals surface area contributed by atoms with Crippen molar-refractivity contribution in [2.24, 2.45) is 5.73 Å². The average molecular weight is 281 g/mol. The van der Waals surface area contributed by atoms with Gasteiger partial charge in [-0.25, -0.2) is 0 Å². The summed E-state index contributed by atoms with van der Waals surface area (Å²) >= 11 is 0. The first-order valence-corrected chi connectivity index (χ1v) is 7.88. The summed E-state index contributed by atoms with van der Waals surface area (Å²) in [6.45, 7) is 0.790. The average Bonchev–Trinajstić information content (AvgIpc) is 2.90. The molecule has 0 aromatic heterocycles. The van der Waals surface area contributed by atoms with Gasteiger partial charge in [-0.05, 0) is 54.9 Å². The molecule has 2 nitrogen and oxygen atoms in total. The van der Waals surface area contributed by atoms with Crippen LogP contribution in [0.1, 0.15) is 42.0 Å². The van der Waals surface area contributed by atoms with Crippen LogP contribution in [0, 0.1) is 0 Å². The summed E-state index contributed by atoms with van der Waals surface area (Å²) in [6, 6.07) is 17.1.